The summed E-state index contributed by atoms with van der Waals surface area (Å²) in [5, 5.41) is 0. The van der Waals surface area contributed by atoms with E-state index in [2.05, 4.69) is 4.74 Å². The Labute approximate surface area is 118 Å². The molecule has 0 radical (unpaired) electrons. The molecule has 0 unspecified atom stereocenters. The fourth-order valence-corrected chi connectivity index (χ4v) is 1.87. The van der Waals surface area contributed by atoms with Crippen LogP contribution in [0.15, 0.2) is 0 Å². The van der Waals surface area contributed by atoms with Crippen molar-refractivity contribution in [1.82, 2.24) is 0 Å². The maximum Gasteiger partial charge on any atom is 0.402 e. The second-order valence-corrected chi connectivity index (χ2v) is 4.48. The van der Waals surface area contributed by atoms with Crippen molar-refractivity contribution in [2.24, 2.45) is 0 Å². The van der Waals surface area contributed by atoms with Crippen LogP contribution >= 0.6 is 0 Å². The van der Waals surface area contributed by atoms with Gasteiger partial charge in [-0.3, -0.25) is 0 Å². The molecule has 1 nitrogen and oxygen atoms in total. The minimum absolute atomic E-state index is 0.460. The van der Waals surface area contributed by atoms with Gasteiger partial charge in [-0.2, -0.15) is 52.7 Å². The number of halogens is 13. The maximum atomic E-state index is 13.8. The average Bonchev–Trinajstić information content (AvgIpc) is 2.34. The highest BCUT2D eigenvalue weighted by Gasteiger charge is 3.05. The minimum atomic E-state index is -7.62. The van der Waals surface area contributed by atoms with Crippen molar-refractivity contribution in [3.63, 3.8) is 0 Å². The summed E-state index contributed by atoms with van der Waals surface area (Å²) < 4.78 is 173. The average molecular weight is 376 g/mol. The van der Waals surface area contributed by atoms with E-state index in [-0.39, 0.29) is 0 Å². The Morgan fingerprint density at radius 1 is 0.609 bits per heavy atom. The van der Waals surface area contributed by atoms with Crippen LogP contribution in [-0.2, 0) is 4.74 Å². The highest BCUT2D eigenvalue weighted by atomic mass is 19.4. The predicted octanol–water partition coefficient (Wildman–Crippen LogP) is 4.51. The highest BCUT2D eigenvalue weighted by molar-refractivity contribution is 5.28. The van der Waals surface area contributed by atoms with Gasteiger partial charge in [-0.25, -0.2) is 4.39 Å². The van der Waals surface area contributed by atoms with Crippen molar-refractivity contribution in [3.05, 3.63) is 0 Å². The quantitative estimate of drug-likeness (QED) is 0.659. The fourth-order valence-electron chi connectivity index (χ4n) is 1.87. The molecule has 0 aromatic rings. The Kier molecular flexibility index (Phi) is 3.99. The van der Waals surface area contributed by atoms with Crippen LogP contribution in [0.5, 0.6) is 0 Å². The van der Waals surface area contributed by atoms with Gasteiger partial charge in [0.2, 0.25) is 0 Å². The van der Waals surface area contributed by atoms with Crippen LogP contribution in [0.3, 0.4) is 0 Å². The topological polar surface area (TPSA) is 9.23 Å². The molecule has 14 heteroatoms. The van der Waals surface area contributed by atoms with Gasteiger partial charge in [0.05, 0.1) is 6.61 Å². The van der Waals surface area contributed by atoms with E-state index >= 15 is 0 Å². The third kappa shape index (κ3) is 1.75. The standard InChI is InChI=1S/C9H5F13O/c1-2-23-9(21,22)3(10)4(11,12)6(15,16)8(19,20)7(17,18)5(3,13)14/h2H2,1H3. The minimum Gasteiger partial charge on any atom is -0.318 e. The van der Waals surface area contributed by atoms with E-state index in [0.29, 0.717) is 6.92 Å². The molecule has 23 heavy (non-hydrogen) atoms. The molecule has 1 aliphatic rings. The van der Waals surface area contributed by atoms with Crippen LogP contribution in [0.25, 0.3) is 0 Å². The molecule has 0 aromatic heterocycles. The van der Waals surface area contributed by atoms with Crippen LogP contribution in [-0.4, -0.2) is 48.0 Å². The molecule has 0 atom stereocenters. The second kappa shape index (κ2) is 4.57. The highest BCUT2D eigenvalue weighted by Crippen LogP contribution is 2.72. The van der Waals surface area contributed by atoms with Gasteiger partial charge < -0.3 is 4.74 Å². The summed E-state index contributed by atoms with van der Waals surface area (Å²) >= 11 is 0. The van der Waals surface area contributed by atoms with Gasteiger partial charge in [-0.15, -0.1) is 0 Å². The van der Waals surface area contributed by atoms with E-state index in [4.69, 9.17) is 0 Å². The molecule has 0 bridgehead atoms. The Balaban J connectivity index is 3.90. The Bertz CT molecular complexity index is 452. The molecular weight excluding hydrogens is 371 g/mol. The van der Waals surface area contributed by atoms with E-state index in [9.17, 15) is 57.1 Å². The first-order valence-electron chi connectivity index (χ1n) is 5.41. The largest absolute Gasteiger partial charge is 0.402 e. The normalized spacial score (nSPS) is 30.0. The lowest BCUT2D eigenvalue weighted by Gasteiger charge is -2.53. The summed E-state index contributed by atoms with van der Waals surface area (Å²) in [6, 6.07) is 0. The monoisotopic (exact) mass is 376 g/mol. The molecule has 0 saturated heterocycles. The maximum absolute atomic E-state index is 13.8. The molecule has 1 saturated carbocycles. The lowest BCUT2D eigenvalue weighted by Crippen LogP contribution is -2.87. The first kappa shape index (κ1) is 20.1. The van der Waals surface area contributed by atoms with Crippen LogP contribution in [0.4, 0.5) is 57.1 Å². The van der Waals surface area contributed by atoms with Crippen molar-refractivity contribution in [2.45, 2.75) is 48.3 Å². The van der Waals surface area contributed by atoms with Crippen molar-refractivity contribution in [1.29, 1.82) is 0 Å². The molecule has 0 N–H and O–H groups in total. The van der Waals surface area contributed by atoms with Crippen molar-refractivity contribution < 1.29 is 61.8 Å². The van der Waals surface area contributed by atoms with E-state index in [1.165, 1.54) is 0 Å². The van der Waals surface area contributed by atoms with Crippen molar-refractivity contribution in [3.8, 4) is 0 Å². The van der Waals surface area contributed by atoms with Gasteiger partial charge in [0.1, 0.15) is 0 Å². The first-order valence-corrected chi connectivity index (χ1v) is 5.41. The molecule has 0 amide bonds. The molecular formula is C9H5F13O. The number of rotatable bonds is 3. The molecule has 138 valence electrons. The van der Waals surface area contributed by atoms with Gasteiger partial charge >= 0.3 is 41.4 Å². The summed E-state index contributed by atoms with van der Waals surface area (Å²) in [5.74, 6) is -37.9. The van der Waals surface area contributed by atoms with Gasteiger partial charge in [-0.1, -0.05) is 0 Å². The van der Waals surface area contributed by atoms with Gasteiger partial charge in [-0.05, 0) is 6.92 Å². The lowest BCUT2D eigenvalue weighted by molar-refractivity contribution is -0.525. The summed E-state index contributed by atoms with van der Waals surface area (Å²) in [5.41, 5.74) is -7.46. The SMILES string of the molecule is CCOC(F)(F)C1(F)C(F)(F)C(F)(F)C(F)(F)C(F)(F)C1(F)F. The van der Waals surface area contributed by atoms with Gasteiger partial charge in [0.25, 0.3) is 0 Å². The zero-order valence-corrected chi connectivity index (χ0v) is 10.5. The summed E-state index contributed by atoms with van der Waals surface area (Å²) in [7, 11) is 0. The van der Waals surface area contributed by atoms with Gasteiger partial charge in [0, 0.05) is 0 Å². The third-order valence-corrected chi connectivity index (χ3v) is 3.17. The summed E-state index contributed by atoms with van der Waals surface area (Å²) in [6.07, 6.45) is -6.65. The molecule has 1 aliphatic carbocycles. The Hall–Kier alpha value is -0.950. The Morgan fingerprint density at radius 3 is 1.13 bits per heavy atom. The van der Waals surface area contributed by atoms with E-state index in [0.717, 1.165) is 0 Å². The zero-order valence-electron chi connectivity index (χ0n) is 10.5. The van der Waals surface area contributed by atoms with E-state index in [1.54, 1.807) is 0 Å². The number of hydrogen-bond donors (Lipinski definition) is 0. The molecule has 1 fully saturated rings. The number of ether oxygens (including phenoxy) is 1. The number of alkyl halides is 13. The molecule has 0 aliphatic heterocycles. The first-order chi connectivity index (χ1) is 9.81. The van der Waals surface area contributed by atoms with Crippen LogP contribution in [0.1, 0.15) is 6.92 Å². The van der Waals surface area contributed by atoms with Crippen LogP contribution in [0.2, 0.25) is 0 Å². The molecule has 1 rings (SSSR count). The second-order valence-electron chi connectivity index (χ2n) is 4.48. The Morgan fingerprint density at radius 2 is 0.870 bits per heavy atom. The van der Waals surface area contributed by atoms with Gasteiger partial charge in [0.15, 0.2) is 0 Å². The van der Waals surface area contributed by atoms with Crippen LogP contribution < -0.4 is 0 Å². The van der Waals surface area contributed by atoms with Crippen LogP contribution in [0, 0.1) is 0 Å². The van der Waals surface area contributed by atoms with Crippen molar-refractivity contribution in [2.75, 3.05) is 6.61 Å². The summed E-state index contributed by atoms with van der Waals surface area (Å²) in [6.45, 7) is -1.11. The molecule has 0 spiro atoms. The third-order valence-electron chi connectivity index (χ3n) is 3.17. The predicted molar refractivity (Wildman–Crippen MR) is 45.1 cm³/mol. The zero-order chi connectivity index (χ0) is 18.9. The van der Waals surface area contributed by atoms with Crippen molar-refractivity contribution >= 4 is 0 Å². The molecule has 0 heterocycles. The van der Waals surface area contributed by atoms with E-state index in [1.807, 2.05) is 0 Å². The lowest BCUT2D eigenvalue weighted by atomic mass is 9.71. The smallest absolute Gasteiger partial charge is 0.318 e. The van der Waals surface area contributed by atoms with E-state index < -0.39 is 48.0 Å². The molecule has 0 aromatic carbocycles. The fraction of sp³-hybridized carbons (Fsp3) is 1.00. The summed E-state index contributed by atoms with van der Waals surface area (Å²) in [4.78, 5) is 0. The number of hydrogen-bond acceptors (Lipinski definition) is 1.